The fourth-order valence-corrected chi connectivity index (χ4v) is 2.82. The van der Waals surface area contributed by atoms with E-state index in [1.807, 2.05) is 0 Å². The molecule has 1 heteroatoms. The quantitative estimate of drug-likeness (QED) is 0.620. The zero-order chi connectivity index (χ0) is 9.97. The summed E-state index contributed by atoms with van der Waals surface area (Å²) in [6.45, 7) is 2.72. The highest BCUT2D eigenvalue weighted by Crippen LogP contribution is 2.53. The highest BCUT2D eigenvalue weighted by Gasteiger charge is 2.44. The molecule has 0 bridgehead atoms. The van der Waals surface area contributed by atoms with Gasteiger partial charge in [0.15, 0.2) is 0 Å². The highest BCUT2D eigenvalue weighted by atomic mass is 16.3. The van der Waals surface area contributed by atoms with Crippen molar-refractivity contribution in [2.45, 2.75) is 51.9 Å². The molecule has 14 heavy (non-hydrogen) atoms. The number of unbranched alkanes of at least 4 members (excludes halogenated alkanes) is 2. The molecule has 1 nitrogen and oxygen atoms in total. The summed E-state index contributed by atoms with van der Waals surface area (Å²) in [7, 11) is 0. The molecule has 2 unspecified atom stereocenters. The van der Waals surface area contributed by atoms with Gasteiger partial charge in [-0.1, -0.05) is 32.6 Å². The molecule has 82 valence electrons. The largest absolute Gasteiger partial charge is 0.396 e. The van der Waals surface area contributed by atoms with Gasteiger partial charge in [0.2, 0.25) is 0 Å². The first-order valence-electron chi connectivity index (χ1n) is 6.46. The van der Waals surface area contributed by atoms with E-state index >= 15 is 0 Å². The maximum atomic E-state index is 8.95. The lowest BCUT2D eigenvalue weighted by molar-refractivity contribution is 0.266. The number of hydrogen-bond acceptors (Lipinski definition) is 1. The third kappa shape index (κ3) is 2.73. The summed E-state index contributed by atoms with van der Waals surface area (Å²) in [5, 5.41) is 8.95. The van der Waals surface area contributed by atoms with E-state index in [9.17, 15) is 0 Å². The van der Waals surface area contributed by atoms with Gasteiger partial charge in [-0.05, 0) is 42.9 Å². The van der Waals surface area contributed by atoms with Gasteiger partial charge in [0, 0.05) is 6.61 Å². The summed E-state index contributed by atoms with van der Waals surface area (Å²) in [6.07, 6.45) is 9.95. The van der Waals surface area contributed by atoms with E-state index in [1.165, 1.54) is 44.9 Å². The van der Waals surface area contributed by atoms with Crippen LogP contribution in [0, 0.1) is 23.7 Å². The van der Waals surface area contributed by atoms with Crippen molar-refractivity contribution in [3.63, 3.8) is 0 Å². The van der Waals surface area contributed by atoms with Gasteiger partial charge in [-0.2, -0.15) is 0 Å². The Labute approximate surface area is 87.9 Å². The van der Waals surface area contributed by atoms with Crippen LogP contribution in [0.4, 0.5) is 0 Å². The van der Waals surface area contributed by atoms with Gasteiger partial charge in [0.05, 0.1) is 0 Å². The maximum absolute atomic E-state index is 8.95. The van der Waals surface area contributed by atoms with E-state index in [2.05, 4.69) is 6.92 Å². The molecular formula is C13H24O. The molecule has 2 fully saturated rings. The topological polar surface area (TPSA) is 20.2 Å². The third-order valence-electron chi connectivity index (χ3n) is 4.16. The Bertz CT molecular complexity index is 178. The maximum Gasteiger partial charge on any atom is 0.0462 e. The van der Waals surface area contributed by atoms with Crippen LogP contribution in [-0.2, 0) is 0 Å². The predicted molar refractivity (Wildman–Crippen MR) is 59.0 cm³/mol. The molecule has 2 saturated carbocycles. The molecule has 0 radical (unpaired) electrons. The normalized spacial score (nSPS) is 39.9. The first kappa shape index (κ1) is 10.5. The van der Waals surface area contributed by atoms with E-state index in [0.29, 0.717) is 12.5 Å². The molecule has 2 aliphatic carbocycles. The van der Waals surface area contributed by atoms with Gasteiger partial charge in [-0.25, -0.2) is 0 Å². The zero-order valence-electron chi connectivity index (χ0n) is 9.41. The average Bonchev–Trinajstić information content (AvgIpc) is 3.06. The number of aliphatic hydroxyl groups is 1. The van der Waals surface area contributed by atoms with Crippen LogP contribution in [0.2, 0.25) is 0 Å². The minimum Gasteiger partial charge on any atom is -0.396 e. The monoisotopic (exact) mass is 196 g/mol. The molecule has 0 amide bonds. The summed E-state index contributed by atoms with van der Waals surface area (Å²) in [4.78, 5) is 0. The lowest BCUT2D eigenvalue weighted by atomic mass is 10.1. The van der Waals surface area contributed by atoms with Crippen molar-refractivity contribution < 1.29 is 5.11 Å². The first-order valence-corrected chi connectivity index (χ1v) is 6.46. The fourth-order valence-electron chi connectivity index (χ4n) is 2.82. The van der Waals surface area contributed by atoms with Crippen molar-refractivity contribution in [1.82, 2.24) is 0 Å². The van der Waals surface area contributed by atoms with Crippen LogP contribution < -0.4 is 0 Å². The summed E-state index contributed by atoms with van der Waals surface area (Å²) < 4.78 is 0. The lowest BCUT2D eigenvalue weighted by Gasteiger charge is -1.99. The minimum absolute atomic E-state index is 0.442. The molecule has 0 spiro atoms. The Balaban J connectivity index is 1.50. The van der Waals surface area contributed by atoms with E-state index in [1.54, 1.807) is 0 Å². The standard InChI is InChI=1S/C13H24O/c1-2-3-4-5-10-6-11(10)7-12-8-13(12)9-14/h10-14H,2-9H2,1H3/t10?,11?,12-,13-/m1/s1. The van der Waals surface area contributed by atoms with Gasteiger partial charge >= 0.3 is 0 Å². The Morgan fingerprint density at radius 3 is 2.36 bits per heavy atom. The van der Waals surface area contributed by atoms with Gasteiger partial charge in [-0.3, -0.25) is 0 Å². The Hall–Kier alpha value is -0.0400. The van der Waals surface area contributed by atoms with Crippen LogP contribution in [0.1, 0.15) is 51.9 Å². The van der Waals surface area contributed by atoms with E-state index < -0.39 is 0 Å². The van der Waals surface area contributed by atoms with E-state index in [4.69, 9.17) is 5.11 Å². The van der Waals surface area contributed by atoms with Crippen LogP contribution in [0.15, 0.2) is 0 Å². The van der Waals surface area contributed by atoms with Crippen LogP contribution in [-0.4, -0.2) is 11.7 Å². The minimum atomic E-state index is 0.442. The van der Waals surface area contributed by atoms with Crippen LogP contribution >= 0.6 is 0 Å². The molecule has 1 N–H and O–H groups in total. The summed E-state index contributed by atoms with van der Waals surface area (Å²) in [5.41, 5.74) is 0. The molecule has 0 aliphatic heterocycles. The molecular weight excluding hydrogens is 172 g/mol. The van der Waals surface area contributed by atoms with Crippen LogP contribution in [0.3, 0.4) is 0 Å². The van der Waals surface area contributed by atoms with Gasteiger partial charge in [0.25, 0.3) is 0 Å². The van der Waals surface area contributed by atoms with Crippen molar-refractivity contribution >= 4 is 0 Å². The smallest absolute Gasteiger partial charge is 0.0462 e. The van der Waals surface area contributed by atoms with Crippen molar-refractivity contribution in [2.24, 2.45) is 23.7 Å². The third-order valence-corrected chi connectivity index (χ3v) is 4.16. The van der Waals surface area contributed by atoms with Gasteiger partial charge in [-0.15, -0.1) is 0 Å². The summed E-state index contributed by atoms with van der Waals surface area (Å²) >= 11 is 0. The van der Waals surface area contributed by atoms with E-state index in [-0.39, 0.29) is 0 Å². The molecule has 0 heterocycles. The second kappa shape index (κ2) is 4.65. The Morgan fingerprint density at radius 1 is 1.00 bits per heavy atom. The lowest BCUT2D eigenvalue weighted by Crippen LogP contribution is -1.91. The molecule has 0 aromatic rings. The second-order valence-corrected chi connectivity index (χ2v) is 5.43. The van der Waals surface area contributed by atoms with E-state index in [0.717, 1.165) is 17.8 Å². The second-order valence-electron chi connectivity index (χ2n) is 5.43. The van der Waals surface area contributed by atoms with Gasteiger partial charge < -0.3 is 5.11 Å². The number of aliphatic hydroxyl groups excluding tert-OH is 1. The first-order chi connectivity index (χ1) is 6.85. The predicted octanol–water partition coefficient (Wildman–Crippen LogP) is 3.22. The van der Waals surface area contributed by atoms with Crippen molar-refractivity contribution in [1.29, 1.82) is 0 Å². The average molecular weight is 196 g/mol. The summed E-state index contributed by atoms with van der Waals surface area (Å²) in [6, 6.07) is 0. The molecule has 0 aromatic carbocycles. The SMILES string of the molecule is CCCCCC1CC1C[C@@H]1C[C@@H]1CO. The van der Waals surface area contributed by atoms with Crippen LogP contribution in [0.25, 0.3) is 0 Å². The highest BCUT2D eigenvalue weighted by molar-refractivity contribution is 4.94. The van der Waals surface area contributed by atoms with Crippen molar-refractivity contribution in [3.05, 3.63) is 0 Å². The molecule has 0 aromatic heterocycles. The number of rotatable bonds is 7. The Kier molecular flexibility index (Phi) is 3.48. The number of hydrogen-bond donors (Lipinski definition) is 1. The summed E-state index contributed by atoms with van der Waals surface area (Å²) in [5.74, 6) is 3.71. The molecule has 0 saturated heterocycles. The fraction of sp³-hybridized carbons (Fsp3) is 1.00. The molecule has 4 atom stereocenters. The van der Waals surface area contributed by atoms with Gasteiger partial charge in [0.1, 0.15) is 0 Å². The van der Waals surface area contributed by atoms with Crippen LogP contribution in [0.5, 0.6) is 0 Å². The molecule has 2 rings (SSSR count). The Morgan fingerprint density at radius 2 is 1.71 bits per heavy atom. The van der Waals surface area contributed by atoms with Crippen molar-refractivity contribution in [2.75, 3.05) is 6.61 Å². The van der Waals surface area contributed by atoms with Crippen molar-refractivity contribution in [3.8, 4) is 0 Å². The molecule has 2 aliphatic rings. The zero-order valence-corrected chi connectivity index (χ0v) is 9.41.